The first-order valence-electron chi connectivity index (χ1n) is 8.94. The number of aromatic nitrogens is 1. The SMILES string of the molecule is O=C(CN1CCNCC1c1cccnc1)NCC1CCCCC1. The number of carbonyl (C=O) groups excluding carboxylic acids is 1. The standard InChI is InChI=1S/C18H28N4O/c23-18(21-11-15-5-2-1-3-6-15)14-22-10-9-20-13-17(22)16-7-4-8-19-12-16/h4,7-8,12,15,17,20H,1-3,5-6,9-11,13-14H2,(H,21,23). The second kappa shape index (κ2) is 8.41. The molecule has 1 amide bonds. The summed E-state index contributed by atoms with van der Waals surface area (Å²) in [5.74, 6) is 0.844. The molecule has 1 aromatic rings. The van der Waals surface area contributed by atoms with Crippen molar-refractivity contribution in [2.75, 3.05) is 32.7 Å². The van der Waals surface area contributed by atoms with Crippen molar-refractivity contribution in [2.45, 2.75) is 38.1 Å². The fraction of sp³-hybridized carbons (Fsp3) is 0.667. The average Bonchev–Trinajstić information content (AvgIpc) is 2.62. The molecule has 3 rings (SSSR count). The van der Waals surface area contributed by atoms with Gasteiger partial charge < -0.3 is 10.6 Å². The number of hydrogen-bond acceptors (Lipinski definition) is 4. The summed E-state index contributed by atoms with van der Waals surface area (Å²) in [5.41, 5.74) is 1.18. The Morgan fingerprint density at radius 1 is 1.35 bits per heavy atom. The van der Waals surface area contributed by atoms with Crippen LogP contribution in [0.4, 0.5) is 0 Å². The van der Waals surface area contributed by atoms with E-state index in [1.54, 1.807) is 6.20 Å². The van der Waals surface area contributed by atoms with Gasteiger partial charge in [0.2, 0.25) is 5.91 Å². The molecule has 5 nitrogen and oxygen atoms in total. The molecule has 126 valence electrons. The smallest absolute Gasteiger partial charge is 0.234 e. The Bertz CT molecular complexity index is 487. The predicted molar refractivity (Wildman–Crippen MR) is 91.0 cm³/mol. The van der Waals surface area contributed by atoms with Crippen LogP contribution in [-0.4, -0.2) is 48.5 Å². The van der Waals surface area contributed by atoms with Crippen LogP contribution < -0.4 is 10.6 Å². The lowest BCUT2D eigenvalue weighted by Crippen LogP contribution is -2.49. The van der Waals surface area contributed by atoms with Crippen LogP contribution in [0.2, 0.25) is 0 Å². The Kier molecular flexibility index (Phi) is 6.00. The van der Waals surface area contributed by atoms with Crippen molar-refractivity contribution in [3.8, 4) is 0 Å². The van der Waals surface area contributed by atoms with Crippen LogP contribution in [0.5, 0.6) is 0 Å². The van der Waals surface area contributed by atoms with Crippen molar-refractivity contribution in [1.82, 2.24) is 20.5 Å². The molecule has 5 heteroatoms. The number of rotatable bonds is 5. The zero-order valence-electron chi connectivity index (χ0n) is 13.8. The van der Waals surface area contributed by atoms with Crippen LogP contribution in [0.25, 0.3) is 0 Å². The number of hydrogen-bond donors (Lipinski definition) is 2. The molecule has 1 aliphatic heterocycles. The molecule has 0 bridgehead atoms. The van der Waals surface area contributed by atoms with Crippen LogP contribution in [0, 0.1) is 5.92 Å². The highest BCUT2D eigenvalue weighted by Gasteiger charge is 2.25. The maximum absolute atomic E-state index is 12.3. The number of piperazine rings is 1. The number of nitrogens with one attached hydrogen (secondary N) is 2. The van der Waals surface area contributed by atoms with Crippen LogP contribution in [0.3, 0.4) is 0 Å². The predicted octanol–water partition coefficient (Wildman–Crippen LogP) is 1.72. The minimum Gasteiger partial charge on any atom is -0.355 e. The molecule has 1 saturated heterocycles. The molecule has 2 heterocycles. The molecule has 1 aromatic heterocycles. The average molecular weight is 316 g/mol. The van der Waals surface area contributed by atoms with Crippen molar-refractivity contribution in [3.05, 3.63) is 30.1 Å². The van der Waals surface area contributed by atoms with Gasteiger partial charge in [-0.15, -0.1) is 0 Å². The highest BCUT2D eigenvalue weighted by molar-refractivity contribution is 5.78. The summed E-state index contributed by atoms with van der Waals surface area (Å²) in [5, 5.41) is 6.57. The van der Waals surface area contributed by atoms with E-state index in [9.17, 15) is 4.79 Å². The molecule has 1 aliphatic carbocycles. The summed E-state index contributed by atoms with van der Waals surface area (Å²) in [6.07, 6.45) is 10.2. The highest BCUT2D eigenvalue weighted by atomic mass is 16.2. The first-order valence-corrected chi connectivity index (χ1v) is 8.94. The third kappa shape index (κ3) is 4.75. The summed E-state index contributed by atoms with van der Waals surface area (Å²) >= 11 is 0. The third-order valence-corrected chi connectivity index (χ3v) is 5.08. The highest BCUT2D eigenvalue weighted by Crippen LogP contribution is 2.23. The first kappa shape index (κ1) is 16.4. The van der Waals surface area contributed by atoms with Gasteiger partial charge in [0, 0.05) is 44.6 Å². The summed E-state index contributed by atoms with van der Waals surface area (Å²) < 4.78 is 0. The maximum atomic E-state index is 12.3. The summed E-state index contributed by atoms with van der Waals surface area (Å²) in [7, 11) is 0. The lowest BCUT2D eigenvalue weighted by Gasteiger charge is -2.36. The van der Waals surface area contributed by atoms with Gasteiger partial charge in [0.1, 0.15) is 0 Å². The largest absolute Gasteiger partial charge is 0.355 e. The Labute approximate surface area is 138 Å². The fourth-order valence-electron chi connectivity index (χ4n) is 3.73. The Balaban J connectivity index is 1.51. The molecule has 0 radical (unpaired) electrons. The van der Waals surface area contributed by atoms with Gasteiger partial charge >= 0.3 is 0 Å². The van der Waals surface area contributed by atoms with Gasteiger partial charge in [0.05, 0.1) is 6.54 Å². The van der Waals surface area contributed by atoms with Crippen LogP contribution in [0.15, 0.2) is 24.5 Å². The lowest BCUT2D eigenvalue weighted by molar-refractivity contribution is -0.123. The number of carbonyl (C=O) groups is 1. The molecule has 2 N–H and O–H groups in total. The number of nitrogens with zero attached hydrogens (tertiary/aromatic N) is 2. The van der Waals surface area contributed by atoms with E-state index in [-0.39, 0.29) is 11.9 Å². The van der Waals surface area contributed by atoms with E-state index in [1.807, 2.05) is 12.3 Å². The van der Waals surface area contributed by atoms with E-state index < -0.39 is 0 Å². The van der Waals surface area contributed by atoms with E-state index in [4.69, 9.17) is 0 Å². The van der Waals surface area contributed by atoms with E-state index >= 15 is 0 Å². The normalized spacial score (nSPS) is 23.6. The van der Waals surface area contributed by atoms with Gasteiger partial charge in [-0.3, -0.25) is 14.7 Å². The van der Waals surface area contributed by atoms with E-state index in [1.165, 1.54) is 37.7 Å². The minimum atomic E-state index is 0.159. The Morgan fingerprint density at radius 3 is 3.00 bits per heavy atom. The van der Waals surface area contributed by atoms with Crippen molar-refractivity contribution < 1.29 is 4.79 Å². The molecule has 1 unspecified atom stereocenters. The van der Waals surface area contributed by atoms with Crippen molar-refractivity contribution >= 4 is 5.91 Å². The van der Waals surface area contributed by atoms with Crippen LogP contribution >= 0.6 is 0 Å². The minimum absolute atomic E-state index is 0.159. The molecular weight excluding hydrogens is 288 g/mol. The first-order chi connectivity index (χ1) is 11.3. The lowest BCUT2D eigenvalue weighted by atomic mass is 9.89. The van der Waals surface area contributed by atoms with Crippen molar-refractivity contribution in [1.29, 1.82) is 0 Å². The second-order valence-corrected chi connectivity index (χ2v) is 6.78. The third-order valence-electron chi connectivity index (χ3n) is 5.08. The summed E-state index contributed by atoms with van der Waals surface area (Å²) in [4.78, 5) is 18.8. The summed E-state index contributed by atoms with van der Waals surface area (Å²) in [6.45, 7) is 4.04. The molecule has 23 heavy (non-hydrogen) atoms. The zero-order chi connectivity index (χ0) is 15.9. The molecule has 2 fully saturated rings. The van der Waals surface area contributed by atoms with Gasteiger partial charge in [-0.05, 0) is 30.4 Å². The fourth-order valence-corrected chi connectivity index (χ4v) is 3.73. The zero-order valence-corrected chi connectivity index (χ0v) is 13.8. The molecule has 1 saturated carbocycles. The molecule has 2 aliphatic rings. The number of pyridine rings is 1. The van der Waals surface area contributed by atoms with Gasteiger partial charge in [-0.2, -0.15) is 0 Å². The van der Waals surface area contributed by atoms with Crippen LogP contribution in [-0.2, 0) is 4.79 Å². The van der Waals surface area contributed by atoms with E-state index in [2.05, 4.69) is 26.6 Å². The Morgan fingerprint density at radius 2 is 2.22 bits per heavy atom. The van der Waals surface area contributed by atoms with Gasteiger partial charge in [0.15, 0.2) is 0 Å². The monoisotopic (exact) mass is 316 g/mol. The van der Waals surface area contributed by atoms with E-state index in [0.29, 0.717) is 12.5 Å². The molecule has 1 atom stereocenters. The maximum Gasteiger partial charge on any atom is 0.234 e. The molecule has 0 spiro atoms. The molecule has 0 aromatic carbocycles. The number of amides is 1. The van der Waals surface area contributed by atoms with Crippen molar-refractivity contribution in [3.63, 3.8) is 0 Å². The second-order valence-electron chi connectivity index (χ2n) is 6.78. The quantitative estimate of drug-likeness (QED) is 0.868. The van der Waals surface area contributed by atoms with Gasteiger partial charge in [-0.25, -0.2) is 0 Å². The molecular formula is C18H28N4O. The Hall–Kier alpha value is -1.46. The van der Waals surface area contributed by atoms with E-state index in [0.717, 1.165) is 26.2 Å². The summed E-state index contributed by atoms with van der Waals surface area (Å²) in [6, 6.07) is 4.29. The van der Waals surface area contributed by atoms with Crippen molar-refractivity contribution in [2.24, 2.45) is 5.92 Å². The topological polar surface area (TPSA) is 57.3 Å². The van der Waals surface area contributed by atoms with Gasteiger partial charge in [0.25, 0.3) is 0 Å². The van der Waals surface area contributed by atoms with Gasteiger partial charge in [-0.1, -0.05) is 25.3 Å². The van der Waals surface area contributed by atoms with Crippen LogP contribution in [0.1, 0.15) is 43.7 Å².